The molecule has 2 N–H and O–H groups in total. The molecule has 0 atom stereocenters. The Kier molecular flexibility index (Phi) is 3.78. The molecule has 114 valence electrons. The topological polar surface area (TPSA) is 80.2 Å². The molecule has 0 aliphatic heterocycles. The van der Waals surface area contributed by atoms with Crippen molar-refractivity contribution < 1.29 is 18.4 Å². The lowest BCUT2D eigenvalue weighted by molar-refractivity contribution is -0.119. The minimum Gasteiger partial charge on any atom is -0.482 e. The highest BCUT2D eigenvalue weighted by molar-refractivity contribution is 5.82. The van der Waals surface area contributed by atoms with Crippen molar-refractivity contribution in [1.82, 2.24) is 15.5 Å². The minimum absolute atomic E-state index is 0.0991. The molecular weight excluding hydrogens is 289 g/mol. The Morgan fingerprint density at radius 1 is 1.45 bits per heavy atom. The number of benzene rings is 1. The number of hydrogen-bond donors (Lipinski definition) is 2. The van der Waals surface area contributed by atoms with E-state index in [4.69, 9.17) is 9.26 Å². The molecule has 0 radical (unpaired) electrons. The van der Waals surface area contributed by atoms with Gasteiger partial charge in [-0.3, -0.25) is 4.79 Å². The maximum atomic E-state index is 14.0. The third kappa shape index (κ3) is 3.08. The molecule has 0 aliphatic carbocycles. The molecule has 0 saturated heterocycles. The van der Waals surface area contributed by atoms with E-state index in [1.54, 1.807) is 18.2 Å². The normalized spacial score (nSPS) is 10.8. The molecule has 1 aromatic carbocycles. The standard InChI is InChI=1S/C15H14FN3O3/c1-9(20)17-7-11-4-10-5-13(16)15(6-14(10)19-11)21-8-12-2-3-18-22-12/h2-6,19H,7-8H2,1H3,(H,17,20). The zero-order valence-electron chi connectivity index (χ0n) is 11.9. The average molecular weight is 303 g/mol. The molecule has 0 bridgehead atoms. The first-order valence-corrected chi connectivity index (χ1v) is 6.70. The van der Waals surface area contributed by atoms with Gasteiger partial charge in [-0.25, -0.2) is 4.39 Å². The molecule has 6 nitrogen and oxygen atoms in total. The monoisotopic (exact) mass is 303 g/mol. The van der Waals surface area contributed by atoms with Gasteiger partial charge in [0.25, 0.3) is 0 Å². The highest BCUT2D eigenvalue weighted by atomic mass is 19.1. The summed E-state index contributed by atoms with van der Waals surface area (Å²) < 4.78 is 24.3. The van der Waals surface area contributed by atoms with E-state index in [1.165, 1.54) is 19.2 Å². The van der Waals surface area contributed by atoms with Crippen LogP contribution >= 0.6 is 0 Å². The summed E-state index contributed by atoms with van der Waals surface area (Å²) in [5.74, 6) is 0.0483. The van der Waals surface area contributed by atoms with Crippen molar-refractivity contribution in [1.29, 1.82) is 0 Å². The van der Waals surface area contributed by atoms with Crippen LogP contribution in [0.1, 0.15) is 18.4 Å². The first-order chi connectivity index (χ1) is 10.6. The molecule has 3 aromatic rings. The minimum atomic E-state index is -0.461. The van der Waals surface area contributed by atoms with Crippen LogP contribution in [0.4, 0.5) is 4.39 Å². The van der Waals surface area contributed by atoms with Gasteiger partial charge in [0, 0.05) is 35.7 Å². The fourth-order valence-corrected chi connectivity index (χ4v) is 2.08. The smallest absolute Gasteiger partial charge is 0.217 e. The number of amides is 1. The number of H-pyrrole nitrogens is 1. The van der Waals surface area contributed by atoms with E-state index >= 15 is 0 Å². The lowest BCUT2D eigenvalue weighted by Crippen LogP contribution is -2.18. The second kappa shape index (κ2) is 5.88. The summed E-state index contributed by atoms with van der Waals surface area (Å²) in [7, 11) is 0. The SMILES string of the molecule is CC(=O)NCc1cc2cc(F)c(OCc3ccno3)cc2[nH]1. The number of halogens is 1. The van der Waals surface area contributed by atoms with Gasteiger partial charge in [-0.15, -0.1) is 0 Å². The Hall–Kier alpha value is -2.83. The molecule has 0 spiro atoms. The zero-order chi connectivity index (χ0) is 15.5. The summed E-state index contributed by atoms with van der Waals surface area (Å²) >= 11 is 0. The number of carbonyl (C=O) groups is 1. The number of aromatic amines is 1. The largest absolute Gasteiger partial charge is 0.482 e. The second-order valence-corrected chi connectivity index (χ2v) is 4.84. The van der Waals surface area contributed by atoms with E-state index in [2.05, 4.69) is 15.5 Å². The molecule has 0 fully saturated rings. The maximum Gasteiger partial charge on any atom is 0.217 e. The maximum absolute atomic E-state index is 14.0. The molecule has 2 aromatic heterocycles. The number of nitrogens with one attached hydrogen (secondary N) is 2. The predicted molar refractivity (Wildman–Crippen MR) is 76.6 cm³/mol. The average Bonchev–Trinajstić information content (AvgIpc) is 3.11. The summed E-state index contributed by atoms with van der Waals surface area (Å²) in [6, 6.07) is 6.41. The van der Waals surface area contributed by atoms with Crippen LogP contribution in [0.25, 0.3) is 10.9 Å². The number of ether oxygens (including phenoxy) is 1. The number of nitrogens with zero attached hydrogens (tertiary/aromatic N) is 1. The van der Waals surface area contributed by atoms with Crippen molar-refractivity contribution in [3.05, 3.63) is 47.7 Å². The fourth-order valence-electron chi connectivity index (χ4n) is 2.08. The first kappa shape index (κ1) is 14.1. The van der Waals surface area contributed by atoms with Gasteiger partial charge in [-0.2, -0.15) is 0 Å². The Morgan fingerprint density at radius 3 is 3.05 bits per heavy atom. The number of carbonyl (C=O) groups excluding carboxylic acids is 1. The summed E-state index contributed by atoms with van der Waals surface area (Å²) in [4.78, 5) is 14.0. The molecule has 3 rings (SSSR count). The third-order valence-corrected chi connectivity index (χ3v) is 3.12. The summed E-state index contributed by atoms with van der Waals surface area (Å²) in [5, 5.41) is 6.95. The van der Waals surface area contributed by atoms with Crippen molar-refractivity contribution in [2.45, 2.75) is 20.1 Å². The van der Waals surface area contributed by atoms with E-state index < -0.39 is 5.82 Å². The Bertz CT molecular complexity index is 796. The van der Waals surface area contributed by atoms with Crippen LogP contribution in [0.3, 0.4) is 0 Å². The molecule has 2 heterocycles. The summed E-state index contributed by atoms with van der Waals surface area (Å²) in [5.41, 5.74) is 1.52. The van der Waals surface area contributed by atoms with Crippen molar-refractivity contribution in [3.63, 3.8) is 0 Å². The van der Waals surface area contributed by atoms with Gasteiger partial charge in [0.05, 0.1) is 12.7 Å². The highest BCUT2D eigenvalue weighted by Gasteiger charge is 2.10. The Morgan fingerprint density at radius 2 is 2.32 bits per heavy atom. The van der Waals surface area contributed by atoms with Gasteiger partial charge in [-0.05, 0) is 12.1 Å². The van der Waals surface area contributed by atoms with E-state index in [0.717, 1.165) is 11.2 Å². The van der Waals surface area contributed by atoms with Crippen LogP contribution < -0.4 is 10.1 Å². The van der Waals surface area contributed by atoms with Crippen molar-refractivity contribution in [2.24, 2.45) is 0 Å². The van der Waals surface area contributed by atoms with E-state index in [9.17, 15) is 9.18 Å². The molecule has 22 heavy (non-hydrogen) atoms. The Balaban J connectivity index is 1.79. The van der Waals surface area contributed by atoms with Crippen molar-refractivity contribution >= 4 is 16.8 Å². The lowest BCUT2D eigenvalue weighted by Gasteiger charge is -2.05. The van der Waals surface area contributed by atoms with Gasteiger partial charge >= 0.3 is 0 Å². The van der Waals surface area contributed by atoms with Gasteiger partial charge in [0.2, 0.25) is 5.91 Å². The molecule has 7 heteroatoms. The fraction of sp³-hybridized carbons (Fsp3) is 0.200. The third-order valence-electron chi connectivity index (χ3n) is 3.12. The number of aromatic nitrogens is 2. The number of fused-ring (bicyclic) bond motifs is 1. The zero-order valence-corrected chi connectivity index (χ0v) is 11.9. The molecule has 0 unspecified atom stereocenters. The van der Waals surface area contributed by atoms with Crippen LogP contribution in [0.15, 0.2) is 35.0 Å². The van der Waals surface area contributed by atoms with E-state index in [1.807, 2.05) is 0 Å². The van der Waals surface area contributed by atoms with Crippen LogP contribution in [0, 0.1) is 5.82 Å². The van der Waals surface area contributed by atoms with Gasteiger partial charge in [0.15, 0.2) is 17.3 Å². The first-order valence-electron chi connectivity index (χ1n) is 6.70. The number of hydrogen-bond acceptors (Lipinski definition) is 4. The van der Waals surface area contributed by atoms with Crippen LogP contribution in [0.5, 0.6) is 5.75 Å². The van der Waals surface area contributed by atoms with Gasteiger partial charge in [0.1, 0.15) is 6.61 Å². The molecular formula is C15H14FN3O3. The second-order valence-electron chi connectivity index (χ2n) is 4.84. The predicted octanol–water partition coefficient (Wildman–Crippen LogP) is 2.51. The van der Waals surface area contributed by atoms with Crippen molar-refractivity contribution in [3.8, 4) is 5.75 Å². The summed E-state index contributed by atoms with van der Waals surface area (Å²) in [6.45, 7) is 1.90. The summed E-state index contributed by atoms with van der Waals surface area (Å²) in [6.07, 6.45) is 1.50. The Labute approximate surface area is 125 Å². The van der Waals surface area contributed by atoms with Gasteiger partial charge < -0.3 is 19.6 Å². The lowest BCUT2D eigenvalue weighted by atomic mass is 10.2. The number of rotatable bonds is 5. The van der Waals surface area contributed by atoms with Gasteiger partial charge in [-0.1, -0.05) is 5.16 Å². The van der Waals surface area contributed by atoms with E-state index in [-0.39, 0.29) is 18.3 Å². The molecule has 0 aliphatic rings. The molecule has 0 saturated carbocycles. The quantitative estimate of drug-likeness (QED) is 0.759. The van der Waals surface area contributed by atoms with E-state index in [0.29, 0.717) is 17.7 Å². The highest BCUT2D eigenvalue weighted by Crippen LogP contribution is 2.26. The van der Waals surface area contributed by atoms with Crippen LogP contribution in [0.2, 0.25) is 0 Å². The van der Waals surface area contributed by atoms with Crippen LogP contribution in [-0.4, -0.2) is 16.0 Å². The van der Waals surface area contributed by atoms with Crippen LogP contribution in [-0.2, 0) is 17.9 Å². The van der Waals surface area contributed by atoms with Crippen molar-refractivity contribution in [2.75, 3.05) is 0 Å². The molecule has 1 amide bonds.